The minimum absolute atomic E-state index is 0.351. The molecule has 2 aliphatic heterocycles. The van der Waals surface area contributed by atoms with Gasteiger partial charge in [-0.2, -0.15) is 4.39 Å². The highest BCUT2D eigenvalue weighted by Crippen LogP contribution is 2.20. The lowest BCUT2D eigenvalue weighted by Crippen LogP contribution is -2.51. The van der Waals surface area contributed by atoms with Gasteiger partial charge in [0.15, 0.2) is 0 Å². The van der Waals surface area contributed by atoms with Crippen molar-refractivity contribution >= 4 is 12.3 Å². The van der Waals surface area contributed by atoms with Gasteiger partial charge in [0.25, 0.3) is 0 Å². The van der Waals surface area contributed by atoms with Crippen molar-refractivity contribution in [1.82, 2.24) is 10.5 Å². The molecule has 0 aromatic carbocycles. The van der Waals surface area contributed by atoms with Crippen LogP contribution in [0.1, 0.15) is 6.92 Å². The molecule has 0 spiro atoms. The monoisotopic (exact) mass is 182 g/mol. The number of hydrogen-bond donors (Lipinski definition) is 1. The molecule has 1 atom stereocenters. The predicted molar refractivity (Wildman–Crippen MR) is 47.8 cm³/mol. The maximum Gasteiger partial charge on any atom is 0.208 e. The van der Waals surface area contributed by atoms with Crippen molar-refractivity contribution in [2.75, 3.05) is 6.54 Å². The van der Waals surface area contributed by atoms with E-state index in [4.69, 9.17) is 0 Å². The number of hydrazine groups is 1. The second-order valence-corrected chi connectivity index (χ2v) is 3.13. The number of hydrogen-bond acceptors (Lipinski definition) is 4. The van der Waals surface area contributed by atoms with Gasteiger partial charge in [-0.1, -0.05) is 6.08 Å². The smallest absolute Gasteiger partial charge is 0.208 e. The fraction of sp³-hybridized carbons (Fsp3) is 0.429. The van der Waals surface area contributed by atoms with Crippen molar-refractivity contribution in [3.05, 3.63) is 17.7 Å². The van der Waals surface area contributed by atoms with Crippen molar-refractivity contribution in [3.8, 4) is 0 Å². The average Bonchev–Trinajstić information content (AvgIpc) is 2.63. The largest absolute Gasteiger partial charge is 0.520 e. The lowest BCUT2D eigenvalue weighted by Gasteiger charge is -2.37. The molecular weight excluding hydrogens is 173 g/mol. The first kappa shape index (κ1) is 8.18. The summed E-state index contributed by atoms with van der Waals surface area (Å²) in [5.41, 5.74) is 5.86. The zero-order valence-corrected chi connectivity index (χ0v) is 7.11. The van der Waals surface area contributed by atoms with E-state index in [-0.39, 0.29) is 5.54 Å². The Labute approximate surface area is 75.0 Å². The fourth-order valence-corrected chi connectivity index (χ4v) is 1.17. The molecule has 0 saturated carbocycles. The number of allylic oxidation sites excluding steroid dienone is 1. The molecule has 6 heteroatoms. The molecule has 0 aromatic heterocycles. The van der Waals surface area contributed by atoms with Gasteiger partial charge in [-0.25, -0.2) is 0 Å². The third-order valence-electron chi connectivity index (χ3n) is 2.06. The highest BCUT2D eigenvalue weighted by atomic mass is 19.1. The number of dihydropyridines is 1. The normalized spacial score (nSPS) is 31.8. The fourth-order valence-electron chi connectivity index (χ4n) is 1.17. The third kappa shape index (κ3) is 1.40. The molecule has 0 amide bonds. The molecule has 0 saturated heterocycles. The lowest BCUT2D eigenvalue weighted by atomic mass is 10.00. The minimum Gasteiger partial charge on any atom is -0.520 e. The second-order valence-electron chi connectivity index (χ2n) is 3.13. The highest BCUT2D eigenvalue weighted by Gasteiger charge is 2.29. The molecular formula is C7H9FN5-. The quantitative estimate of drug-likeness (QED) is 0.650. The van der Waals surface area contributed by atoms with Gasteiger partial charge in [-0.3, -0.25) is 10.5 Å². The van der Waals surface area contributed by atoms with Crippen LogP contribution < -0.4 is 5.53 Å². The Balaban J connectivity index is 2.14. The van der Waals surface area contributed by atoms with E-state index in [1.54, 1.807) is 17.4 Å². The van der Waals surface area contributed by atoms with Crippen LogP contribution in [-0.2, 0) is 0 Å². The molecule has 0 fully saturated rings. The van der Waals surface area contributed by atoms with Crippen LogP contribution in [0.2, 0.25) is 0 Å². The molecule has 5 nitrogen and oxygen atoms in total. The van der Waals surface area contributed by atoms with E-state index in [2.05, 4.69) is 21.2 Å². The zero-order valence-electron chi connectivity index (χ0n) is 7.11. The summed E-state index contributed by atoms with van der Waals surface area (Å²) < 4.78 is 12.6. The van der Waals surface area contributed by atoms with Crippen molar-refractivity contribution in [2.24, 2.45) is 10.1 Å². The van der Waals surface area contributed by atoms with Crippen molar-refractivity contribution in [3.63, 3.8) is 0 Å². The first-order valence-electron chi connectivity index (χ1n) is 3.88. The predicted octanol–water partition coefficient (Wildman–Crippen LogP) is 0.735. The zero-order chi connectivity index (χ0) is 9.31. The Morgan fingerprint density at radius 3 is 3.15 bits per heavy atom. The molecule has 1 unspecified atom stereocenters. The van der Waals surface area contributed by atoms with Gasteiger partial charge in [0.1, 0.15) is 0 Å². The highest BCUT2D eigenvalue weighted by molar-refractivity contribution is 5.87. The second kappa shape index (κ2) is 2.81. The van der Waals surface area contributed by atoms with Crippen molar-refractivity contribution in [1.29, 1.82) is 0 Å². The average molecular weight is 182 g/mol. The molecule has 70 valence electrons. The summed E-state index contributed by atoms with van der Waals surface area (Å²) in [5.74, 6) is -0.439. The first-order chi connectivity index (χ1) is 6.21. The summed E-state index contributed by atoms with van der Waals surface area (Å²) in [6.45, 7) is 2.27. The Morgan fingerprint density at radius 2 is 2.62 bits per heavy atom. The summed E-state index contributed by atoms with van der Waals surface area (Å²) in [6.07, 6.45) is 4.62. The number of rotatable bonds is 1. The van der Waals surface area contributed by atoms with Gasteiger partial charge in [0.2, 0.25) is 5.97 Å². The number of halogens is 1. The Hall–Kier alpha value is -1.43. The minimum atomic E-state index is -0.439. The van der Waals surface area contributed by atoms with Crippen LogP contribution >= 0.6 is 0 Å². The van der Waals surface area contributed by atoms with Crippen molar-refractivity contribution in [2.45, 2.75) is 12.5 Å². The molecule has 0 bridgehead atoms. The van der Waals surface area contributed by atoms with Crippen LogP contribution in [0.25, 0.3) is 5.53 Å². The van der Waals surface area contributed by atoms with E-state index in [9.17, 15) is 4.39 Å². The number of nitrogens with zero attached hydrogens (tertiary/aromatic N) is 4. The molecule has 0 radical (unpaired) electrons. The van der Waals surface area contributed by atoms with Crippen LogP contribution in [0.15, 0.2) is 22.2 Å². The molecule has 0 aromatic rings. The van der Waals surface area contributed by atoms with E-state index >= 15 is 0 Å². The van der Waals surface area contributed by atoms with Gasteiger partial charge in [-0.15, -0.1) is 0 Å². The van der Waals surface area contributed by atoms with E-state index in [1.165, 1.54) is 6.08 Å². The standard InChI is InChI=1S/C7H9FN5/c1-7(13-5-10-11-12-13)3-2-6(8)9-4-7/h2-3,5,12H,4H2,1H3/q-1. The number of aliphatic imine (C=N–C) groups is 1. The van der Waals surface area contributed by atoms with Crippen LogP contribution in [0.5, 0.6) is 0 Å². The van der Waals surface area contributed by atoms with Gasteiger partial charge >= 0.3 is 0 Å². The molecule has 2 heterocycles. The Bertz CT molecular complexity index is 297. The summed E-state index contributed by atoms with van der Waals surface area (Å²) in [6, 6.07) is 0. The summed E-state index contributed by atoms with van der Waals surface area (Å²) in [5, 5.41) is 5.32. The van der Waals surface area contributed by atoms with Crippen LogP contribution in [-0.4, -0.2) is 29.4 Å². The summed E-state index contributed by atoms with van der Waals surface area (Å²) >= 11 is 0. The third-order valence-corrected chi connectivity index (χ3v) is 2.06. The summed E-state index contributed by atoms with van der Waals surface area (Å²) in [7, 11) is 0. The molecule has 2 aliphatic rings. The maximum atomic E-state index is 12.6. The van der Waals surface area contributed by atoms with Crippen LogP contribution in [0.4, 0.5) is 4.39 Å². The van der Waals surface area contributed by atoms with Crippen LogP contribution in [0.3, 0.4) is 0 Å². The molecule has 13 heavy (non-hydrogen) atoms. The van der Waals surface area contributed by atoms with E-state index < -0.39 is 5.97 Å². The van der Waals surface area contributed by atoms with Crippen LogP contribution in [0, 0.1) is 0 Å². The Kier molecular flexibility index (Phi) is 1.77. The first-order valence-corrected chi connectivity index (χ1v) is 3.88. The van der Waals surface area contributed by atoms with Gasteiger partial charge in [0, 0.05) is 0 Å². The van der Waals surface area contributed by atoms with E-state index in [0.29, 0.717) is 6.54 Å². The van der Waals surface area contributed by atoms with E-state index in [1.807, 2.05) is 6.92 Å². The molecule has 1 N–H and O–H groups in total. The topological polar surface area (TPSA) is 54.1 Å². The summed E-state index contributed by atoms with van der Waals surface area (Å²) in [4.78, 5) is 3.71. The molecule has 2 rings (SSSR count). The van der Waals surface area contributed by atoms with Crippen molar-refractivity contribution < 1.29 is 4.39 Å². The molecule has 0 aliphatic carbocycles. The van der Waals surface area contributed by atoms with E-state index in [0.717, 1.165) is 0 Å². The maximum absolute atomic E-state index is 12.6. The van der Waals surface area contributed by atoms with Gasteiger partial charge in [0.05, 0.1) is 18.4 Å². The van der Waals surface area contributed by atoms with Gasteiger partial charge < -0.3 is 15.6 Å². The number of nitrogens with one attached hydrogen (secondary N) is 1. The van der Waals surface area contributed by atoms with Gasteiger partial charge in [-0.05, 0) is 13.0 Å². The SMILES string of the molecule is CC1(N2C=N[N-]N2)C=CC(F)=NC1. The lowest BCUT2D eigenvalue weighted by molar-refractivity contribution is 0.222. The Morgan fingerprint density at radius 1 is 1.77 bits per heavy atom.